The lowest BCUT2D eigenvalue weighted by Crippen LogP contribution is -2.38. The Hall–Kier alpha value is -0.870. The second-order valence-electron chi connectivity index (χ2n) is 5.31. The van der Waals surface area contributed by atoms with Crippen molar-refractivity contribution < 1.29 is 4.42 Å². The molecule has 2 heterocycles. The van der Waals surface area contributed by atoms with E-state index in [-0.39, 0.29) is 0 Å². The predicted molar refractivity (Wildman–Crippen MR) is 65.7 cm³/mol. The fraction of sp³-hybridized carbons (Fsp3) is 0.769. The zero-order valence-corrected chi connectivity index (χ0v) is 10.5. The highest BCUT2D eigenvalue weighted by atomic mass is 16.3. The van der Waals surface area contributed by atoms with Crippen molar-refractivity contribution in [1.82, 2.24) is 15.2 Å². The fourth-order valence-electron chi connectivity index (χ4n) is 2.65. The Labute approximate surface area is 102 Å². The van der Waals surface area contributed by atoms with Gasteiger partial charge in [-0.3, -0.25) is 4.90 Å². The van der Waals surface area contributed by atoms with E-state index in [2.05, 4.69) is 15.2 Å². The summed E-state index contributed by atoms with van der Waals surface area (Å²) in [5.41, 5.74) is 1.11. The van der Waals surface area contributed by atoms with Crippen LogP contribution in [0.3, 0.4) is 0 Å². The molecule has 4 heteroatoms. The molecule has 1 saturated heterocycles. The zero-order valence-electron chi connectivity index (χ0n) is 10.5. The van der Waals surface area contributed by atoms with Gasteiger partial charge >= 0.3 is 0 Å². The lowest BCUT2D eigenvalue weighted by molar-refractivity contribution is 0.228. The van der Waals surface area contributed by atoms with Gasteiger partial charge in [0.1, 0.15) is 5.76 Å². The van der Waals surface area contributed by atoms with E-state index < -0.39 is 0 Å². The lowest BCUT2D eigenvalue weighted by Gasteiger charge is -2.24. The van der Waals surface area contributed by atoms with Crippen LogP contribution in [0.25, 0.3) is 0 Å². The van der Waals surface area contributed by atoms with Crippen LogP contribution in [0.1, 0.15) is 37.1 Å². The minimum absolute atomic E-state index is 0.683. The van der Waals surface area contributed by atoms with Crippen molar-refractivity contribution in [2.75, 3.05) is 13.1 Å². The molecule has 1 aliphatic carbocycles. The van der Waals surface area contributed by atoms with Gasteiger partial charge in [0, 0.05) is 25.2 Å². The topological polar surface area (TPSA) is 41.3 Å². The molecule has 0 radical (unpaired) electrons. The number of hydrogen-bond acceptors (Lipinski definition) is 4. The van der Waals surface area contributed by atoms with Gasteiger partial charge in [0.15, 0.2) is 6.39 Å². The van der Waals surface area contributed by atoms with E-state index in [0.717, 1.165) is 30.6 Å². The van der Waals surface area contributed by atoms with Gasteiger partial charge in [-0.1, -0.05) is 0 Å². The van der Waals surface area contributed by atoms with Crippen molar-refractivity contribution in [2.45, 2.75) is 51.2 Å². The maximum absolute atomic E-state index is 5.28. The van der Waals surface area contributed by atoms with Crippen molar-refractivity contribution in [1.29, 1.82) is 0 Å². The van der Waals surface area contributed by atoms with E-state index in [1.54, 1.807) is 6.39 Å². The van der Waals surface area contributed by atoms with E-state index in [4.69, 9.17) is 4.42 Å². The highest BCUT2D eigenvalue weighted by Gasteiger charge is 2.31. The zero-order chi connectivity index (χ0) is 11.7. The van der Waals surface area contributed by atoms with Gasteiger partial charge in [0.2, 0.25) is 0 Å². The van der Waals surface area contributed by atoms with Crippen LogP contribution in [0.15, 0.2) is 10.8 Å². The van der Waals surface area contributed by atoms with Crippen LogP contribution < -0.4 is 5.32 Å². The van der Waals surface area contributed by atoms with Crippen LogP contribution in [0, 0.1) is 6.92 Å². The third-order valence-corrected chi connectivity index (χ3v) is 3.88. The summed E-state index contributed by atoms with van der Waals surface area (Å²) in [5.74, 6) is 0.968. The van der Waals surface area contributed by atoms with Crippen LogP contribution in [-0.2, 0) is 6.54 Å². The van der Waals surface area contributed by atoms with E-state index in [1.807, 2.05) is 6.92 Å². The number of rotatable bonds is 5. The van der Waals surface area contributed by atoms with Gasteiger partial charge in [-0.15, -0.1) is 0 Å². The minimum atomic E-state index is 0.683. The monoisotopic (exact) mass is 235 g/mol. The number of nitrogens with one attached hydrogen (secondary N) is 1. The average molecular weight is 235 g/mol. The second kappa shape index (κ2) is 4.78. The first-order valence-electron chi connectivity index (χ1n) is 6.69. The van der Waals surface area contributed by atoms with Gasteiger partial charge in [-0.2, -0.15) is 0 Å². The summed E-state index contributed by atoms with van der Waals surface area (Å²) in [5, 5.41) is 3.58. The molecule has 1 aromatic heterocycles. The molecule has 1 N–H and O–H groups in total. The van der Waals surface area contributed by atoms with Crippen molar-refractivity contribution in [3.8, 4) is 0 Å². The van der Waals surface area contributed by atoms with Crippen LogP contribution in [0.2, 0.25) is 0 Å². The molecule has 3 rings (SSSR count). The van der Waals surface area contributed by atoms with E-state index in [0.29, 0.717) is 6.04 Å². The lowest BCUT2D eigenvalue weighted by atomic mass is 10.2. The molecule has 2 aliphatic rings. The first-order chi connectivity index (χ1) is 8.33. The molecule has 2 fully saturated rings. The van der Waals surface area contributed by atoms with Gasteiger partial charge in [-0.05, 0) is 39.2 Å². The minimum Gasteiger partial charge on any atom is -0.448 e. The van der Waals surface area contributed by atoms with E-state index in [9.17, 15) is 0 Å². The van der Waals surface area contributed by atoms with Crippen LogP contribution in [0.4, 0.5) is 0 Å². The molecular weight excluding hydrogens is 214 g/mol. The molecule has 1 aromatic rings. The molecule has 4 nitrogen and oxygen atoms in total. The smallest absolute Gasteiger partial charge is 0.181 e. The summed E-state index contributed by atoms with van der Waals surface area (Å²) in [7, 11) is 0. The third kappa shape index (κ3) is 2.69. The maximum atomic E-state index is 5.28. The summed E-state index contributed by atoms with van der Waals surface area (Å²) < 4.78 is 5.28. The van der Waals surface area contributed by atoms with E-state index >= 15 is 0 Å². The van der Waals surface area contributed by atoms with Gasteiger partial charge in [0.25, 0.3) is 0 Å². The quantitative estimate of drug-likeness (QED) is 0.843. The Kier molecular flexibility index (Phi) is 3.16. The summed E-state index contributed by atoms with van der Waals surface area (Å²) in [4.78, 5) is 6.89. The largest absolute Gasteiger partial charge is 0.448 e. The molecule has 0 aromatic carbocycles. The Morgan fingerprint density at radius 1 is 1.47 bits per heavy atom. The molecule has 17 heavy (non-hydrogen) atoms. The van der Waals surface area contributed by atoms with Gasteiger partial charge in [0.05, 0.1) is 5.69 Å². The van der Waals surface area contributed by atoms with Gasteiger partial charge < -0.3 is 9.73 Å². The Bertz CT molecular complexity index is 366. The number of aromatic nitrogens is 1. The van der Waals surface area contributed by atoms with E-state index in [1.165, 1.54) is 32.2 Å². The van der Waals surface area contributed by atoms with Crippen molar-refractivity contribution in [3.63, 3.8) is 0 Å². The molecule has 0 amide bonds. The SMILES string of the molecule is Cc1ocnc1CN(CC1CCCN1)C1CC1. The maximum Gasteiger partial charge on any atom is 0.181 e. The normalized spacial score (nSPS) is 24.7. The third-order valence-electron chi connectivity index (χ3n) is 3.88. The highest BCUT2D eigenvalue weighted by molar-refractivity contribution is 5.06. The molecule has 1 saturated carbocycles. The fourth-order valence-corrected chi connectivity index (χ4v) is 2.65. The first kappa shape index (κ1) is 11.2. The molecule has 1 atom stereocenters. The number of hydrogen-bond donors (Lipinski definition) is 1. The molecule has 1 aliphatic heterocycles. The number of aryl methyl sites for hydroxylation is 1. The van der Waals surface area contributed by atoms with Crippen molar-refractivity contribution in [3.05, 3.63) is 17.8 Å². The molecule has 0 spiro atoms. The number of nitrogens with zero attached hydrogens (tertiary/aromatic N) is 2. The highest BCUT2D eigenvalue weighted by Crippen LogP contribution is 2.29. The molecule has 1 unspecified atom stereocenters. The van der Waals surface area contributed by atoms with Gasteiger partial charge in [-0.25, -0.2) is 4.98 Å². The standard InChI is InChI=1S/C13H21N3O/c1-10-13(15-9-17-10)8-16(12-4-5-12)7-11-3-2-6-14-11/h9,11-12,14H,2-8H2,1H3. The van der Waals surface area contributed by atoms with Crippen molar-refractivity contribution >= 4 is 0 Å². The second-order valence-corrected chi connectivity index (χ2v) is 5.31. The van der Waals surface area contributed by atoms with Crippen molar-refractivity contribution in [2.24, 2.45) is 0 Å². The Morgan fingerprint density at radius 2 is 2.35 bits per heavy atom. The summed E-state index contributed by atoms with van der Waals surface area (Å²) >= 11 is 0. The summed E-state index contributed by atoms with van der Waals surface area (Å²) in [6, 6.07) is 1.47. The average Bonchev–Trinajstić information content (AvgIpc) is 2.91. The van der Waals surface area contributed by atoms with Crippen LogP contribution >= 0.6 is 0 Å². The summed E-state index contributed by atoms with van der Waals surface area (Å²) in [6.45, 7) is 5.30. The predicted octanol–water partition coefficient (Wildman–Crippen LogP) is 1.70. The molecule has 94 valence electrons. The number of oxazole rings is 1. The Morgan fingerprint density at radius 3 is 2.94 bits per heavy atom. The summed E-state index contributed by atoms with van der Waals surface area (Å²) in [6.07, 6.45) is 6.91. The van der Waals surface area contributed by atoms with Crippen LogP contribution in [0.5, 0.6) is 0 Å². The Balaban J connectivity index is 1.61. The first-order valence-corrected chi connectivity index (χ1v) is 6.69. The molecular formula is C13H21N3O. The van der Waals surface area contributed by atoms with Crippen LogP contribution in [-0.4, -0.2) is 35.1 Å². The molecule has 0 bridgehead atoms.